The topological polar surface area (TPSA) is 32.5 Å². The van der Waals surface area contributed by atoms with E-state index in [4.69, 9.17) is 5.73 Å². The van der Waals surface area contributed by atoms with Gasteiger partial charge in [0.1, 0.15) is 0 Å². The standard InChI is InChI=1S/C18H37N3/c1-6-20(7-2)16-8-11-21(13-16)18(14-19)10-9-17(4,5)12-15(18)3/h15-16H,6-14,19H2,1-5H3. The van der Waals surface area contributed by atoms with Crippen molar-refractivity contribution >= 4 is 0 Å². The van der Waals surface area contributed by atoms with Crippen LogP contribution in [0, 0.1) is 11.3 Å². The molecule has 21 heavy (non-hydrogen) atoms. The fourth-order valence-corrected chi connectivity index (χ4v) is 5.01. The van der Waals surface area contributed by atoms with E-state index in [9.17, 15) is 0 Å². The maximum absolute atomic E-state index is 6.33. The van der Waals surface area contributed by atoms with Crippen LogP contribution in [0.5, 0.6) is 0 Å². The second-order valence-corrected chi connectivity index (χ2v) is 8.19. The Morgan fingerprint density at radius 1 is 1.19 bits per heavy atom. The van der Waals surface area contributed by atoms with Crippen LogP contribution in [0.25, 0.3) is 0 Å². The van der Waals surface area contributed by atoms with Crippen LogP contribution in [0.2, 0.25) is 0 Å². The number of likely N-dealkylation sites (tertiary alicyclic amines) is 1. The molecule has 3 nitrogen and oxygen atoms in total. The van der Waals surface area contributed by atoms with Gasteiger partial charge in [-0.1, -0.05) is 34.6 Å². The summed E-state index contributed by atoms with van der Waals surface area (Å²) >= 11 is 0. The summed E-state index contributed by atoms with van der Waals surface area (Å²) in [4.78, 5) is 5.39. The first-order chi connectivity index (χ1) is 9.88. The lowest BCUT2D eigenvalue weighted by molar-refractivity contribution is -0.0124. The molecule has 2 N–H and O–H groups in total. The van der Waals surface area contributed by atoms with Crippen molar-refractivity contribution < 1.29 is 0 Å². The molecule has 0 aromatic rings. The lowest BCUT2D eigenvalue weighted by Gasteiger charge is -2.53. The predicted molar refractivity (Wildman–Crippen MR) is 91.5 cm³/mol. The largest absolute Gasteiger partial charge is 0.329 e. The summed E-state index contributed by atoms with van der Waals surface area (Å²) in [6.45, 7) is 17.5. The number of nitrogens with zero attached hydrogens (tertiary/aromatic N) is 2. The minimum absolute atomic E-state index is 0.261. The number of hydrogen-bond donors (Lipinski definition) is 1. The Labute approximate surface area is 132 Å². The van der Waals surface area contributed by atoms with Gasteiger partial charge in [-0.05, 0) is 50.1 Å². The molecule has 1 saturated heterocycles. The van der Waals surface area contributed by atoms with Gasteiger partial charge in [-0.2, -0.15) is 0 Å². The molecular formula is C18H37N3. The van der Waals surface area contributed by atoms with Crippen molar-refractivity contribution in [3.8, 4) is 0 Å². The molecule has 1 aliphatic carbocycles. The number of likely N-dealkylation sites (N-methyl/N-ethyl adjacent to an activating group) is 1. The van der Waals surface area contributed by atoms with E-state index in [1.165, 1.54) is 51.9 Å². The Hall–Kier alpha value is -0.120. The van der Waals surface area contributed by atoms with Gasteiger partial charge in [-0.15, -0.1) is 0 Å². The average molecular weight is 296 g/mol. The first kappa shape index (κ1) is 17.2. The molecule has 1 aliphatic heterocycles. The summed E-state index contributed by atoms with van der Waals surface area (Å²) in [7, 11) is 0. The molecule has 0 aromatic carbocycles. The molecule has 0 radical (unpaired) electrons. The van der Waals surface area contributed by atoms with E-state index in [0.717, 1.165) is 12.6 Å². The third-order valence-corrected chi connectivity index (χ3v) is 6.49. The highest BCUT2D eigenvalue weighted by atomic mass is 15.3. The Kier molecular flexibility index (Phi) is 5.38. The van der Waals surface area contributed by atoms with Crippen LogP contribution < -0.4 is 5.73 Å². The fourth-order valence-electron chi connectivity index (χ4n) is 5.01. The summed E-state index contributed by atoms with van der Waals surface area (Å²) < 4.78 is 0. The second-order valence-electron chi connectivity index (χ2n) is 8.19. The molecule has 3 unspecified atom stereocenters. The predicted octanol–water partition coefficient (Wildman–Crippen LogP) is 2.95. The van der Waals surface area contributed by atoms with Crippen LogP contribution in [-0.2, 0) is 0 Å². The quantitative estimate of drug-likeness (QED) is 0.846. The molecule has 1 heterocycles. The van der Waals surface area contributed by atoms with E-state index in [2.05, 4.69) is 44.4 Å². The maximum atomic E-state index is 6.33. The molecule has 124 valence electrons. The Bertz CT molecular complexity index is 337. The molecule has 0 bridgehead atoms. The van der Waals surface area contributed by atoms with E-state index in [0.29, 0.717) is 11.3 Å². The van der Waals surface area contributed by atoms with Gasteiger partial charge in [0.15, 0.2) is 0 Å². The van der Waals surface area contributed by atoms with Crippen molar-refractivity contribution in [3.05, 3.63) is 0 Å². The maximum Gasteiger partial charge on any atom is 0.0358 e. The number of hydrogen-bond acceptors (Lipinski definition) is 3. The van der Waals surface area contributed by atoms with Gasteiger partial charge in [-0.3, -0.25) is 9.80 Å². The summed E-state index contributed by atoms with van der Waals surface area (Å²) in [5.74, 6) is 0.710. The Morgan fingerprint density at radius 2 is 1.86 bits per heavy atom. The number of nitrogens with two attached hydrogens (primary N) is 1. The van der Waals surface area contributed by atoms with Crippen LogP contribution in [0.1, 0.15) is 60.3 Å². The lowest BCUT2D eigenvalue weighted by atomic mass is 9.63. The molecule has 3 heteroatoms. The third kappa shape index (κ3) is 3.30. The molecule has 2 fully saturated rings. The molecule has 0 amide bonds. The van der Waals surface area contributed by atoms with Crippen molar-refractivity contribution in [2.45, 2.75) is 71.9 Å². The van der Waals surface area contributed by atoms with Crippen molar-refractivity contribution in [3.63, 3.8) is 0 Å². The minimum atomic E-state index is 0.261. The zero-order valence-corrected chi connectivity index (χ0v) is 15.0. The van der Waals surface area contributed by atoms with Crippen LogP contribution in [-0.4, -0.2) is 54.1 Å². The van der Waals surface area contributed by atoms with Crippen LogP contribution in [0.3, 0.4) is 0 Å². The zero-order chi connectivity index (χ0) is 15.7. The van der Waals surface area contributed by atoms with Crippen LogP contribution >= 0.6 is 0 Å². The van der Waals surface area contributed by atoms with Gasteiger partial charge in [0, 0.05) is 31.2 Å². The zero-order valence-electron chi connectivity index (χ0n) is 15.0. The third-order valence-electron chi connectivity index (χ3n) is 6.49. The lowest BCUT2D eigenvalue weighted by Crippen LogP contribution is -2.60. The normalized spacial score (nSPS) is 37.3. The monoisotopic (exact) mass is 295 g/mol. The van der Waals surface area contributed by atoms with Crippen LogP contribution in [0.4, 0.5) is 0 Å². The second kappa shape index (κ2) is 6.55. The summed E-state index contributed by atoms with van der Waals surface area (Å²) in [6, 6.07) is 0.741. The summed E-state index contributed by atoms with van der Waals surface area (Å²) in [5.41, 5.74) is 7.09. The first-order valence-electron chi connectivity index (χ1n) is 9.07. The molecule has 0 spiro atoms. The Balaban J connectivity index is 2.09. The highest BCUT2D eigenvalue weighted by molar-refractivity contribution is 5.04. The fraction of sp³-hybridized carbons (Fsp3) is 1.00. The molecule has 2 rings (SSSR count). The van der Waals surface area contributed by atoms with Gasteiger partial charge in [-0.25, -0.2) is 0 Å². The van der Waals surface area contributed by atoms with Gasteiger partial charge < -0.3 is 5.73 Å². The van der Waals surface area contributed by atoms with Gasteiger partial charge in [0.05, 0.1) is 0 Å². The number of rotatable bonds is 5. The molecule has 2 aliphatic rings. The van der Waals surface area contributed by atoms with Crippen molar-refractivity contribution in [1.82, 2.24) is 9.80 Å². The summed E-state index contributed by atoms with van der Waals surface area (Å²) in [5, 5.41) is 0. The highest BCUT2D eigenvalue weighted by Gasteiger charge is 2.48. The average Bonchev–Trinajstić information content (AvgIpc) is 2.90. The molecule has 3 atom stereocenters. The van der Waals surface area contributed by atoms with Crippen molar-refractivity contribution in [1.29, 1.82) is 0 Å². The van der Waals surface area contributed by atoms with E-state index < -0.39 is 0 Å². The summed E-state index contributed by atoms with van der Waals surface area (Å²) in [6.07, 6.45) is 5.24. The van der Waals surface area contributed by atoms with Gasteiger partial charge in [0.2, 0.25) is 0 Å². The van der Waals surface area contributed by atoms with Gasteiger partial charge >= 0.3 is 0 Å². The first-order valence-corrected chi connectivity index (χ1v) is 9.07. The minimum Gasteiger partial charge on any atom is -0.329 e. The van der Waals surface area contributed by atoms with Gasteiger partial charge in [0.25, 0.3) is 0 Å². The van der Waals surface area contributed by atoms with Crippen molar-refractivity contribution in [2.75, 3.05) is 32.7 Å². The molecular weight excluding hydrogens is 258 g/mol. The highest BCUT2D eigenvalue weighted by Crippen LogP contribution is 2.47. The van der Waals surface area contributed by atoms with Crippen molar-refractivity contribution in [2.24, 2.45) is 17.1 Å². The SMILES string of the molecule is CCN(CC)C1CCN(C2(CN)CCC(C)(C)CC2C)C1. The molecule has 0 aromatic heterocycles. The van der Waals surface area contributed by atoms with Crippen LogP contribution in [0.15, 0.2) is 0 Å². The van der Waals surface area contributed by atoms with E-state index in [1.807, 2.05) is 0 Å². The van der Waals surface area contributed by atoms with E-state index in [1.54, 1.807) is 0 Å². The molecule has 1 saturated carbocycles. The smallest absolute Gasteiger partial charge is 0.0358 e. The van der Waals surface area contributed by atoms with E-state index >= 15 is 0 Å². The Morgan fingerprint density at radius 3 is 2.38 bits per heavy atom. The van der Waals surface area contributed by atoms with E-state index in [-0.39, 0.29) is 5.54 Å².